The maximum absolute atomic E-state index is 11.9. The second kappa shape index (κ2) is 3.79. The van der Waals surface area contributed by atoms with E-state index in [2.05, 4.69) is 0 Å². The van der Waals surface area contributed by atoms with Crippen molar-refractivity contribution < 1.29 is 28.2 Å². The van der Waals surface area contributed by atoms with Gasteiger partial charge >= 0.3 is 12.3 Å². The lowest BCUT2D eigenvalue weighted by Crippen LogP contribution is -2.53. The minimum atomic E-state index is -4.81. The summed E-state index contributed by atoms with van der Waals surface area (Å²) >= 11 is 0. The highest BCUT2D eigenvalue weighted by atomic mass is 19.4. The molecule has 0 aromatic carbocycles. The topological polar surface area (TPSA) is 81.6 Å². The molecule has 78 valence electrons. The minimum Gasteiger partial charge on any atom is -0.464 e. The van der Waals surface area contributed by atoms with Crippen LogP contribution < -0.4 is 10.9 Å². The molecule has 0 unspecified atom stereocenters. The van der Waals surface area contributed by atoms with Crippen LogP contribution in [-0.2, 0) is 0 Å². The number of hydrogen-bond acceptors (Lipinski definition) is 3. The van der Waals surface area contributed by atoms with E-state index >= 15 is 0 Å². The van der Waals surface area contributed by atoms with E-state index in [-0.39, 0.29) is 0 Å². The first-order valence-electron chi connectivity index (χ1n) is 3.18. The summed E-state index contributed by atoms with van der Waals surface area (Å²) in [6.45, 7) is -0.424. The van der Waals surface area contributed by atoms with Crippen LogP contribution in [0.25, 0.3) is 0 Å². The van der Waals surface area contributed by atoms with Gasteiger partial charge in [-0.25, -0.2) is 10.2 Å². The summed E-state index contributed by atoms with van der Waals surface area (Å²) in [7, 11) is 0. The van der Waals surface area contributed by atoms with Crippen LogP contribution in [0.4, 0.5) is 18.0 Å². The van der Waals surface area contributed by atoms with Crippen molar-refractivity contribution in [3.05, 3.63) is 0 Å². The molecular weight excluding hydrogens is 193 g/mol. The van der Waals surface area contributed by atoms with E-state index in [9.17, 15) is 18.0 Å². The Balaban J connectivity index is 3.97. The van der Waals surface area contributed by atoms with Gasteiger partial charge in [0.25, 0.3) is 0 Å². The maximum atomic E-state index is 11.9. The number of hydrazine groups is 1. The van der Waals surface area contributed by atoms with Gasteiger partial charge in [0.05, 0.1) is 6.54 Å². The Morgan fingerprint density at radius 2 is 1.92 bits per heavy atom. The number of carbonyl (C=O) groups is 1. The van der Waals surface area contributed by atoms with E-state index in [4.69, 9.17) is 10.2 Å². The number of amides is 1. The van der Waals surface area contributed by atoms with Crippen molar-refractivity contribution in [1.29, 1.82) is 0 Å². The number of alkyl halides is 3. The molecule has 0 saturated carbocycles. The first-order valence-corrected chi connectivity index (χ1v) is 3.18. The van der Waals surface area contributed by atoms with Crippen molar-refractivity contribution in [3.8, 4) is 0 Å². The predicted molar refractivity (Wildman–Crippen MR) is 35.8 cm³/mol. The van der Waals surface area contributed by atoms with Crippen molar-refractivity contribution >= 4 is 6.09 Å². The molecule has 1 amide bonds. The van der Waals surface area contributed by atoms with Crippen LogP contribution in [0.15, 0.2) is 0 Å². The van der Waals surface area contributed by atoms with Crippen molar-refractivity contribution in [3.63, 3.8) is 0 Å². The van der Waals surface area contributed by atoms with Crippen molar-refractivity contribution in [1.82, 2.24) is 10.9 Å². The van der Waals surface area contributed by atoms with Gasteiger partial charge in [0.15, 0.2) is 5.60 Å². The monoisotopic (exact) mass is 202 g/mol. The Bertz CT molecular complexity index is 192. The average molecular weight is 202 g/mol. The fourth-order valence-corrected chi connectivity index (χ4v) is 0.392. The summed E-state index contributed by atoms with van der Waals surface area (Å²) in [5.74, 6) is 0. The zero-order valence-corrected chi connectivity index (χ0v) is 6.64. The lowest BCUT2D eigenvalue weighted by Gasteiger charge is -2.26. The zero-order valence-electron chi connectivity index (χ0n) is 6.64. The molecule has 0 radical (unpaired) electrons. The van der Waals surface area contributed by atoms with Gasteiger partial charge in [0.2, 0.25) is 0 Å². The average Bonchev–Trinajstić information content (AvgIpc) is 1.82. The molecule has 0 rings (SSSR count). The van der Waals surface area contributed by atoms with Gasteiger partial charge in [-0.05, 0) is 6.92 Å². The minimum absolute atomic E-state index is 0.531. The van der Waals surface area contributed by atoms with E-state index in [0.717, 1.165) is 0 Å². The molecule has 8 heteroatoms. The van der Waals surface area contributed by atoms with Gasteiger partial charge in [-0.1, -0.05) is 0 Å². The normalized spacial score (nSPS) is 16.4. The first-order chi connectivity index (χ1) is 5.67. The molecule has 0 fully saturated rings. The van der Waals surface area contributed by atoms with Crippen LogP contribution >= 0.6 is 0 Å². The van der Waals surface area contributed by atoms with Crippen molar-refractivity contribution in [2.45, 2.75) is 18.7 Å². The molecule has 0 bridgehead atoms. The van der Waals surface area contributed by atoms with Crippen LogP contribution in [0.2, 0.25) is 0 Å². The van der Waals surface area contributed by atoms with E-state index in [1.807, 2.05) is 0 Å². The molecule has 0 aromatic rings. The maximum Gasteiger partial charge on any atom is 0.419 e. The second-order valence-corrected chi connectivity index (χ2v) is 2.56. The molecule has 0 spiro atoms. The second-order valence-electron chi connectivity index (χ2n) is 2.56. The summed E-state index contributed by atoms with van der Waals surface area (Å²) in [6, 6.07) is 0. The standard InChI is InChI=1S/C5H9F3N2O3/c1-4(13,5(6,7)8)2-9-10-3(11)12/h9-10,13H,2H2,1H3,(H,11,12)/t4-/m0/s1. The summed E-state index contributed by atoms with van der Waals surface area (Å²) in [5.41, 5.74) is 0.230. The van der Waals surface area contributed by atoms with E-state index in [1.54, 1.807) is 5.43 Å². The van der Waals surface area contributed by atoms with Gasteiger partial charge in [-0.15, -0.1) is 0 Å². The Morgan fingerprint density at radius 3 is 2.23 bits per heavy atom. The first kappa shape index (κ1) is 12.0. The van der Waals surface area contributed by atoms with Crippen molar-refractivity contribution in [2.24, 2.45) is 0 Å². The molecule has 1 atom stereocenters. The fourth-order valence-electron chi connectivity index (χ4n) is 0.392. The Labute approximate surface area is 71.5 Å². The third-order valence-corrected chi connectivity index (χ3v) is 1.24. The molecule has 0 heterocycles. The molecule has 13 heavy (non-hydrogen) atoms. The van der Waals surface area contributed by atoms with Gasteiger partial charge < -0.3 is 10.2 Å². The van der Waals surface area contributed by atoms with Gasteiger partial charge in [-0.3, -0.25) is 5.43 Å². The van der Waals surface area contributed by atoms with Crippen molar-refractivity contribution in [2.75, 3.05) is 6.54 Å². The molecule has 0 aliphatic rings. The summed E-state index contributed by atoms with van der Waals surface area (Å²) in [6.07, 6.45) is -6.34. The lowest BCUT2D eigenvalue weighted by atomic mass is 10.1. The zero-order chi connectivity index (χ0) is 10.7. The van der Waals surface area contributed by atoms with E-state index in [0.29, 0.717) is 6.92 Å². The number of nitrogens with one attached hydrogen (secondary N) is 2. The highest BCUT2D eigenvalue weighted by Gasteiger charge is 2.49. The SMILES string of the molecule is C[C@](O)(CNNC(=O)O)C(F)(F)F. The largest absolute Gasteiger partial charge is 0.464 e. The molecule has 0 saturated heterocycles. The van der Waals surface area contributed by atoms with Crippen LogP contribution in [0.3, 0.4) is 0 Å². The molecule has 0 aliphatic heterocycles. The number of carboxylic acid groups (broad SMARTS) is 1. The molecular formula is C5H9F3N2O3. The van der Waals surface area contributed by atoms with Crippen LogP contribution in [0, 0.1) is 0 Å². The van der Waals surface area contributed by atoms with Crippen LogP contribution in [0.1, 0.15) is 6.92 Å². The highest BCUT2D eigenvalue weighted by Crippen LogP contribution is 2.28. The van der Waals surface area contributed by atoms with E-state index < -0.39 is 24.4 Å². The lowest BCUT2D eigenvalue weighted by molar-refractivity contribution is -0.250. The van der Waals surface area contributed by atoms with Crippen LogP contribution in [0.5, 0.6) is 0 Å². The Hall–Kier alpha value is -1.02. The third kappa shape index (κ3) is 3.95. The predicted octanol–water partition coefficient (Wildman–Crippen LogP) is 0.0719. The fraction of sp³-hybridized carbons (Fsp3) is 0.800. The van der Waals surface area contributed by atoms with Crippen LogP contribution in [-0.4, -0.2) is 34.6 Å². The Kier molecular flexibility index (Phi) is 3.50. The number of aliphatic hydroxyl groups is 1. The quantitative estimate of drug-likeness (QED) is 0.488. The third-order valence-electron chi connectivity index (χ3n) is 1.24. The molecule has 5 nitrogen and oxygen atoms in total. The molecule has 0 aromatic heterocycles. The number of rotatable bonds is 3. The van der Waals surface area contributed by atoms with Gasteiger partial charge in [0.1, 0.15) is 0 Å². The summed E-state index contributed by atoms with van der Waals surface area (Å²) in [4.78, 5) is 9.80. The molecule has 4 N–H and O–H groups in total. The number of halogens is 3. The smallest absolute Gasteiger partial charge is 0.419 e. The van der Waals surface area contributed by atoms with Gasteiger partial charge in [-0.2, -0.15) is 13.2 Å². The van der Waals surface area contributed by atoms with E-state index in [1.165, 1.54) is 5.43 Å². The summed E-state index contributed by atoms with van der Waals surface area (Å²) in [5, 5.41) is 16.7. The number of hydrogen-bond donors (Lipinski definition) is 4. The van der Waals surface area contributed by atoms with Gasteiger partial charge in [0, 0.05) is 0 Å². The highest BCUT2D eigenvalue weighted by molar-refractivity contribution is 5.63. The Morgan fingerprint density at radius 1 is 1.46 bits per heavy atom. The summed E-state index contributed by atoms with van der Waals surface area (Å²) < 4.78 is 35.7. The molecule has 0 aliphatic carbocycles.